The number of allylic oxidation sites excluding steroid dienone is 1. The van der Waals surface area contributed by atoms with E-state index in [0.717, 1.165) is 0 Å². The van der Waals surface area contributed by atoms with Gasteiger partial charge in [-0.05, 0) is 31.2 Å². The fourth-order valence-electron chi connectivity index (χ4n) is 3.59. The number of methoxy groups -OCH3 is 3. The van der Waals surface area contributed by atoms with E-state index in [4.69, 9.17) is 14.2 Å². The van der Waals surface area contributed by atoms with Crippen molar-refractivity contribution in [3.63, 3.8) is 0 Å². The molecule has 1 heterocycles. The lowest BCUT2D eigenvalue weighted by molar-refractivity contribution is -0.138. The molecule has 162 valence electrons. The second-order valence-electron chi connectivity index (χ2n) is 6.87. The maximum absolute atomic E-state index is 13.1. The van der Waals surface area contributed by atoms with E-state index in [0.29, 0.717) is 28.6 Å². The van der Waals surface area contributed by atoms with Crippen LogP contribution in [0.3, 0.4) is 0 Å². The third kappa shape index (κ3) is 4.37. The largest absolute Gasteiger partial charge is 0.497 e. The van der Waals surface area contributed by atoms with Crippen LogP contribution in [0.2, 0.25) is 0 Å². The normalized spacial score (nSPS) is 16.1. The van der Waals surface area contributed by atoms with Crippen LogP contribution in [0.4, 0.5) is 11.4 Å². The van der Waals surface area contributed by atoms with Gasteiger partial charge in [0.25, 0.3) is 0 Å². The summed E-state index contributed by atoms with van der Waals surface area (Å²) in [4.78, 5) is 40.1. The first kappa shape index (κ1) is 21.9. The number of rotatable bonds is 6. The van der Waals surface area contributed by atoms with Gasteiger partial charge >= 0.3 is 5.97 Å². The van der Waals surface area contributed by atoms with Crippen molar-refractivity contribution in [3.05, 3.63) is 59.8 Å². The number of para-hydroxylation sites is 1. The summed E-state index contributed by atoms with van der Waals surface area (Å²) in [5, 5.41) is 2.75. The van der Waals surface area contributed by atoms with Crippen molar-refractivity contribution in [2.45, 2.75) is 13.3 Å². The van der Waals surface area contributed by atoms with Gasteiger partial charge in [-0.1, -0.05) is 18.2 Å². The molecule has 1 N–H and O–H groups in total. The molecule has 1 aliphatic rings. The summed E-state index contributed by atoms with van der Waals surface area (Å²) in [6.07, 6.45) is -0.180. The van der Waals surface area contributed by atoms with Gasteiger partial charge in [-0.3, -0.25) is 14.5 Å². The van der Waals surface area contributed by atoms with Gasteiger partial charge in [0.1, 0.15) is 11.5 Å². The minimum absolute atomic E-state index is 0.135. The lowest BCUT2D eigenvalue weighted by Gasteiger charge is -2.33. The van der Waals surface area contributed by atoms with Crippen LogP contribution in [0.15, 0.2) is 59.8 Å². The van der Waals surface area contributed by atoms with Crippen LogP contribution in [0.1, 0.15) is 13.3 Å². The van der Waals surface area contributed by atoms with Crippen LogP contribution in [0, 0.1) is 5.92 Å². The fraction of sp³-hybridized carbons (Fsp3) is 0.261. The van der Waals surface area contributed by atoms with Crippen LogP contribution in [0.25, 0.3) is 0 Å². The van der Waals surface area contributed by atoms with Gasteiger partial charge < -0.3 is 19.5 Å². The third-order valence-electron chi connectivity index (χ3n) is 5.10. The molecular weight excluding hydrogens is 400 g/mol. The molecule has 2 amide bonds. The molecule has 0 saturated heterocycles. The minimum atomic E-state index is -1.01. The summed E-state index contributed by atoms with van der Waals surface area (Å²) in [5.74, 6) is -1.52. The zero-order valence-electron chi connectivity index (χ0n) is 17.8. The van der Waals surface area contributed by atoms with Crippen molar-refractivity contribution in [2.75, 3.05) is 31.5 Å². The number of anilines is 2. The van der Waals surface area contributed by atoms with Gasteiger partial charge in [-0.15, -0.1) is 0 Å². The molecule has 3 rings (SSSR count). The molecule has 1 aliphatic heterocycles. The topological polar surface area (TPSA) is 94.2 Å². The SMILES string of the molecule is COC(=O)C1=C(C)N(c2ccccc2)C(=O)C[C@@H]1C(=O)Nc1ccc(OC)cc1OC. The smallest absolute Gasteiger partial charge is 0.336 e. The average Bonchev–Trinajstić information content (AvgIpc) is 2.79. The molecule has 2 aromatic carbocycles. The lowest BCUT2D eigenvalue weighted by Crippen LogP contribution is -2.43. The molecular formula is C23H24N2O6. The third-order valence-corrected chi connectivity index (χ3v) is 5.10. The highest BCUT2D eigenvalue weighted by Gasteiger charge is 2.40. The van der Waals surface area contributed by atoms with Crippen LogP contribution in [-0.2, 0) is 19.1 Å². The van der Waals surface area contributed by atoms with Gasteiger partial charge in [0.05, 0.1) is 38.5 Å². The van der Waals surface area contributed by atoms with Gasteiger partial charge in [-0.25, -0.2) is 4.79 Å². The number of carbonyl (C=O) groups excluding carboxylic acids is 3. The van der Waals surface area contributed by atoms with Crippen molar-refractivity contribution in [1.82, 2.24) is 0 Å². The Bertz CT molecular complexity index is 1030. The lowest BCUT2D eigenvalue weighted by atomic mass is 9.88. The molecule has 1 atom stereocenters. The maximum atomic E-state index is 13.1. The molecule has 0 spiro atoms. The van der Waals surface area contributed by atoms with Gasteiger partial charge in [0.15, 0.2) is 0 Å². The molecule has 8 nitrogen and oxygen atoms in total. The molecule has 0 unspecified atom stereocenters. The van der Waals surface area contributed by atoms with E-state index in [1.54, 1.807) is 49.4 Å². The Morgan fingerprint density at radius 3 is 2.35 bits per heavy atom. The van der Waals surface area contributed by atoms with E-state index in [2.05, 4.69) is 5.32 Å². The van der Waals surface area contributed by atoms with E-state index in [1.807, 2.05) is 6.07 Å². The average molecular weight is 424 g/mol. The summed E-state index contributed by atoms with van der Waals surface area (Å²) < 4.78 is 15.4. The molecule has 0 fully saturated rings. The van der Waals surface area contributed by atoms with Crippen LogP contribution >= 0.6 is 0 Å². The number of esters is 1. The first-order valence-electron chi connectivity index (χ1n) is 9.61. The van der Waals surface area contributed by atoms with Crippen molar-refractivity contribution in [3.8, 4) is 11.5 Å². The number of amides is 2. The standard InChI is InChI=1S/C23H24N2O6/c1-14-21(23(28)31-4)17(13-20(26)25(14)15-8-6-5-7-9-15)22(27)24-18-11-10-16(29-2)12-19(18)30-3/h5-12,17H,13H2,1-4H3,(H,24,27)/t17-/m0/s1. The van der Waals surface area contributed by atoms with E-state index in [9.17, 15) is 14.4 Å². The van der Waals surface area contributed by atoms with E-state index in [1.165, 1.54) is 26.2 Å². The number of hydrogen-bond donors (Lipinski definition) is 1. The highest BCUT2D eigenvalue weighted by Crippen LogP contribution is 2.35. The molecule has 0 radical (unpaired) electrons. The Labute approximate surface area is 180 Å². The Morgan fingerprint density at radius 2 is 1.74 bits per heavy atom. The molecule has 31 heavy (non-hydrogen) atoms. The van der Waals surface area contributed by atoms with Gasteiger partial charge in [-0.2, -0.15) is 0 Å². The van der Waals surface area contributed by atoms with E-state index in [-0.39, 0.29) is 17.9 Å². The summed E-state index contributed by atoms with van der Waals surface area (Å²) >= 11 is 0. The zero-order chi connectivity index (χ0) is 22.5. The molecule has 0 aromatic heterocycles. The van der Waals surface area contributed by atoms with Crippen molar-refractivity contribution in [1.29, 1.82) is 0 Å². The van der Waals surface area contributed by atoms with Crippen LogP contribution in [-0.4, -0.2) is 39.1 Å². The second kappa shape index (κ2) is 9.34. The van der Waals surface area contributed by atoms with Crippen LogP contribution in [0.5, 0.6) is 11.5 Å². The Hall–Kier alpha value is -3.81. The summed E-state index contributed by atoms with van der Waals surface area (Å²) in [6.45, 7) is 1.63. The van der Waals surface area contributed by atoms with Gasteiger partial charge in [0, 0.05) is 23.9 Å². The number of hydrogen-bond acceptors (Lipinski definition) is 6. The molecule has 0 saturated carbocycles. The molecule has 8 heteroatoms. The number of nitrogens with one attached hydrogen (secondary N) is 1. The Kier molecular flexibility index (Phi) is 6.59. The molecule has 0 aliphatic carbocycles. The monoisotopic (exact) mass is 424 g/mol. The predicted molar refractivity (Wildman–Crippen MR) is 115 cm³/mol. The minimum Gasteiger partial charge on any atom is -0.497 e. The first-order chi connectivity index (χ1) is 14.9. The summed E-state index contributed by atoms with van der Waals surface area (Å²) in [6, 6.07) is 13.9. The molecule has 0 bridgehead atoms. The maximum Gasteiger partial charge on any atom is 0.336 e. The van der Waals surface area contributed by atoms with E-state index >= 15 is 0 Å². The van der Waals surface area contributed by atoms with Crippen LogP contribution < -0.4 is 19.7 Å². The number of nitrogens with zero attached hydrogens (tertiary/aromatic N) is 1. The Balaban J connectivity index is 1.98. The Morgan fingerprint density at radius 1 is 1.03 bits per heavy atom. The number of ether oxygens (including phenoxy) is 3. The highest BCUT2D eigenvalue weighted by atomic mass is 16.5. The van der Waals surface area contributed by atoms with Crippen molar-refractivity contribution >= 4 is 29.2 Å². The first-order valence-corrected chi connectivity index (χ1v) is 9.61. The van der Waals surface area contributed by atoms with Crippen molar-refractivity contribution in [2.24, 2.45) is 5.92 Å². The van der Waals surface area contributed by atoms with Gasteiger partial charge in [0.2, 0.25) is 11.8 Å². The predicted octanol–water partition coefficient (Wildman–Crippen LogP) is 3.14. The fourth-order valence-corrected chi connectivity index (χ4v) is 3.59. The molecule has 2 aromatic rings. The zero-order valence-corrected chi connectivity index (χ0v) is 17.8. The quantitative estimate of drug-likeness (QED) is 0.716. The van der Waals surface area contributed by atoms with Crippen molar-refractivity contribution < 1.29 is 28.6 Å². The second-order valence-corrected chi connectivity index (χ2v) is 6.87. The highest BCUT2D eigenvalue weighted by molar-refractivity contribution is 6.10. The summed E-state index contributed by atoms with van der Waals surface area (Å²) in [5.41, 5.74) is 1.50. The number of carbonyl (C=O) groups is 3. The van der Waals surface area contributed by atoms with E-state index < -0.39 is 17.8 Å². The summed E-state index contributed by atoms with van der Waals surface area (Å²) in [7, 11) is 4.24. The number of benzene rings is 2.